The number of aliphatic hydroxyl groups is 1. The Labute approximate surface area is 74.6 Å². The number of hydrogen-bond acceptors (Lipinski definition) is 3. The second kappa shape index (κ2) is 3.54. The molecule has 1 unspecified atom stereocenters. The van der Waals surface area contributed by atoms with Crippen LogP contribution in [0.15, 0.2) is 5.38 Å². The summed E-state index contributed by atoms with van der Waals surface area (Å²) in [4.78, 5) is 0.770. The van der Waals surface area contributed by atoms with Crippen LogP contribution < -0.4 is 5.73 Å². The highest BCUT2D eigenvalue weighted by Crippen LogP contribution is 2.31. The number of halogens is 1. The summed E-state index contributed by atoms with van der Waals surface area (Å²) in [5.74, 6) is 0. The number of aryl methyl sites for hydroxylation is 1. The van der Waals surface area contributed by atoms with Crippen LogP contribution in [-0.2, 0) is 0 Å². The van der Waals surface area contributed by atoms with Crippen molar-refractivity contribution in [3.05, 3.63) is 20.8 Å². The molecule has 0 bridgehead atoms. The average Bonchev–Trinajstić information content (AvgIpc) is 2.32. The van der Waals surface area contributed by atoms with Gasteiger partial charge in [-0.25, -0.2) is 0 Å². The van der Waals surface area contributed by atoms with E-state index in [1.54, 1.807) is 0 Å². The van der Waals surface area contributed by atoms with Crippen molar-refractivity contribution in [1.29, 1.82) is 0 Å². The van der Waals surface area contributed by atoms with Crippen LogP contribution in [0.4, 0.5) is 0 Å². The molecule has 0 fully saturated rings. The van der Waals surface area contributed by atoms with Crippen molar-refractivity contribution >= 4 is 22.9 Å². The van der Waals surface area contributed by atoms with Crippen LogP contribution >= 0.6 is 22.9 Å². The van der Waals surface area contributed by atoms with Crippen molar-refractivity contribution in [2.75, 3.05) is 6.54 Å². The third-order valence-corrected chi connectivity index (χ3v) is 3.27. The van der Waals surface area contributed by atoms with Crippen molar-refractivity contribution in [1.82, 2.24) is 0 Å². The predicted molar refractivity (Wildman–Crippen MR) is 48.1 cm³/mol. The summed E-state index contributed by atoms with van der Waals surface area (Å²) >= 11 is 7.32. The Kier molecular flexibility index (Phi) is 2.90. The van der Waals surface area contributed by atoms with Crippen molar-refractivity contribution in [3.8, 4) is 0 Å². The lowest BCUT2D eigenvalue weighted by Gasteiger charge is -2.04. The topological polar surface area (TPSA) is 46.2 Å². The molecule has 1 rings (SSSR count). The van der Waals surface area contributed by atoms with Gasteiger partial charge in [-0.05, 0) is 17.9 Å². The van der Waals surface area contributed by atoms with Crippen LogP contribution in [0.1, 0.15) is 16.5 Å². The molecule has 11 heavy (non-hydrogen) atoms. The minimum atomic E-state index is -0.610. The van der Waals surface area contributed by atoms with Crippen molar-refractivity contribution < 1.29 is 5.11 Å². The van der Waals surface area contributed by atoms with E-state index < -0.39 is 6.10 Å². The molecule has 1 aromatic rings. The maximum absolute atomic E-state index is 9.32. The third-order valence-electron chi connectivity index (χ3n) is 1.45. The SMILES string of the molecule is Cc1csc(C(O)CN)c1Cl. The Morgan fingerprint density at radius 1 is 1.82 bits per heavy atom. The Hall–Kier alpha value is -0.0900. The van der Waals surface area contributed by atoms with E-state index in [0.29, 0.717) is 5.02 Å². The van der Waals surface area contributed by atoms with Crippen molar-refractivity contribution in [2.24, 2.45) is 5.73 Å². The second-order valence-corrected chi connectivity index (χ2v) is 3.64. The second-order valence-electron chi connectivity index (χ2n) is 2.35. The van der Waals surface area contributed by atoms with E-state index in [1.807, 2.05) is 12.3 Å². The minimum absolute atomic E-state index is 0.222. The van der Waals surface area contributed by atoms with Gasteiger partial charge in [-0.3, -0.25) is 0 Å². The number of aliphatic hydroxyl groups excluding tert-OH is 1. The molecule has 4 heteroatoms. The van der Waals surface area contributed by atoms with Gasteiger partial charge < -0.3 is 10.8 Å². The van der Waals surface area contributed by atoms with Gasteiger partial charge in [-0.2, -0.15) is 0 Å². The number of rotatable bonds is 2. The summed E-state index contributed by atoms with van der Waals surface area (Å²) in [6.07, 6.45) is -0.610. The summed E-state index contributed by atoms with van der Waals surface area (Å²) < 4.78 is 0. The molecular weight excluding hydrogens is 182 g/mol. The summed E-state index contributed by atoms with van der Waals surface area (Å²) in [6, 6.07) is 0. The van der Waals surface area contributed by atoms with E-state index in [4.69, 9.17) is 17.3 Å². The predicted octanol–water partition coefficient (Wildman–Crippen LogP) is 1.70. The molecule has 0 aliphatic carbocycles. The Morgan fingerprint density at radius 3 is 2.82 bits per heavy atom. The smallest absolute Gasteiger partial charge is 0.102 e. The summed E-state index contributed by atoms with van der Waals surface area (Å²) in [5, 5.41) is 11.9. The van der Waals surface area contributed by atoms with E-state index >= 15 is 0 Å². The van der Waals surface area contributed by atoms with E-state index in [-0.39, 0.29) is 6.54 Å². The van der Waals surface area contributed by atoms with Gasteiger partial charge in [0.1, 0.15) is 6.10 Å². The fourth-order valence-corrected chi connectivity index (χ4v) is 2.10. The van der Waals surface area contributed by atoms with Crippen LogP contribution in [0, 0.1) is 6.92 Å². The van der Waals surface area contributed by atoms with Gasteiger partial charge in [-0.1, -0.05) is 11.6 Å². The molecule has 0 aliphatic heterocycles. The zero-order chi connectivity index (χ0) is 8.43. The molecule has 3 N–H and O–H groups in total. The Bertz CT molecular complexity index is 249. The van der Waals surface area contributed by atoms with Crippen LogP contribution in [-0.4, -0.2) is 11.7 Å². The molecule has 0 saturated carbocycles. The van der Waals surface area contributed by atoms with Crippen LogP contribution in [0.5, 0.6) is 0 Å². The first kappa shape index (κ1) is 9.00. The average molecular weight is 192 g/mol. The number of thiophene rings is 1. The third kappa shape index (κ3) is 1.73. The molecule has 62 valence electrons. The first-order chi connectivity index (χ1) is 5.16. The molecule has 0 saturated heterocycles. The molecule has 1 heterocycles. The van der Waals surface area contributed by atoms with E-state index in [2.05, 4.69) is 0 Å². The number of hydrogen-bond donors (Lipinski definition) is 2. The summed E-state index contributed by atoms with van der Waals surface area (Å²) in [5.41, 5.74) is 6.28. The van der Waals surface area contributed by atoms with Gasteiger partial charge in [0.15, 0.2) is 0 Å². The lowest BCUT2D eigenvalue weighted by molar-refractivity contribution is 0.190. The van der Waals surface area contributed by atoms with Gasteiger partial charge in [-0.15, -0.1) is 11.3 Å². The van der Waals surface area contributed by atoms with Crippen LogP contribution in [0.2, 0.25) is 5.02 Å². The normalized spacial score (nSPS) is 13.5. The minimum Gasteiger partial charge on any atom is -0.386 e. The van der Waals surface area contributed by atoms with Gasteiger partial charge in [0.25, 0.3) is 0 Å². The first-order valence-corrected chi connectivity index (χ1v) is 4.54. The van der Waals surface area contributed by atoms with Gasteiger partial charge in [0, 0.05) is 6.54 Å². The maximum atomic E-state index is 9.32. The van der Waals surface area contributed by atoms with Crippen molar-refractivity contribution in [2.45, 2.75) is 13.0 Å². The van der Waals surface area contributed by atoms with Crippen LogP contribution in [0.25, 0.3) is 0 Å². The quantitative estimate of drug-likeness (QED) is 0.748. The van der Waals surface area contributed by atoms with Gasteiger partial charge in [0.05, 0.1) is 9.90 Å². The molecule has 2 nitrogen and oxygen atoms in total. The first-order valence-electron chi connectivity index (χ1n) is 3.28. The van der Waals surface area contributed by atoms with Crippen LogP contribution in [0.3, 0.4) is 0 Å². The lowest BCUT2D eigenvalue weighted by atomic mass is 10.2. The molecular formula is C7H10ClNOS. The molecule has 0 radical (unpaired) electrons. The van der Waals surface area contributed by atoms with Crippen molar-refractivity contribution in [3.63, 3.8) is 0 Å². The number of nitrogens with two attached hydrogens (primary N) is 1. The van der Waals surface area contributed by atoms with Gasteiger partial charge in [0.2, 0.25) is 0 Å². The van der Waals surface area contributed by atoms with E-state index in [9.17, 15) is 5.11 Å². The zero-order valence-electron chi connectivity index (χ0n) is 6.17. The highest BCUT2D eigenvalue weighted by molar-refractivity contribution is 7.10. The zero-order valence-corrected chi connectivity index (χ0v) is 7.75. The standard InChI is InChI=1S/C7H10ClNOS/c1-4-3-11-7(6(4)8)5(10)2-9/h3,5,10H,2,9H2,1H3. The maximum Gasteiger partial charge on any atom is 0.102 e. The highest BCUT2D eigenvalue weighted by atomic mass is 35.5. The molecule has 0 aromatic carbocycles. The monoisotopic (exact) mass is 191 g/mol. The Balaban J connectivity index is 2.94. The Morgan fingerprint density at radius 2 is 2.45 bits per heavy atom. The fraction of sp³-hybridized carbons (Fsp3) is 0.429. The highest BCUT2D eigenvalue weighted by Gasteiger charge is 2.13. The van der Waals surface area contributed by atoms with E-state index in [1.165, 1.54) is 11.3 Å². The largest absolute Gasteiger partial charge is 0.386 e. The summed E-state index contributed by atoms with van der Waals surface area (Å²) in [6.45, 7) is 2.13. The lowest BCUT2D eigenvalue weighted by Crippen LogP contribution is -2.10. The molecule has 1 aromatic heterocycles. The molecule has 0 spiro atoms. The molecule has 1 atom stereocenters. The fourth-order valence-electron chi connectivity index (χ4n) is 0.782. The molecule has 0 aliphatic rings. The van der Waals surface area contributed by atoms with E-state index in [0.717, 1.165) is 10.4 Å². The molecule has 0 amide bonds. The summed E-state index contributed by atoms with van der Waals surface area (Å²) in [7, 11) is 0. The van der Waals surface area contributed by atoms with Gasteiger partial charge >= 0.3 is 0 Å².